The van der Waals surface area contributed by atoms with Crippen molar-refractivity contribution in [2.24, 2.45) is 0 Å². The van der Waals surface area contributed by atoms with Crippen LogP contribution in [0.1, 0.15) is 129 Å². The highest BCUT2D eigenvalue weighted by Gasteiger charge is 2.21. The van der Waals surface area contributed by atoms with E-state index in [0.29, 0.717) is 39.7 Å². The lowest BCUT2D eigenvalue weighted by molar-refractivity contribution is 0.119. The molecule has 0 saturated heterocycles. The predicted molar refractivity (Wildman–Crippen MR) is 198 cm³/mol. The number of nitrogens with zero attached hydrogens (tertiary/aromatic N) is 3. The van der Waals surface area contributed by atoms with E-state index in [1.54, 1.807) is 36.0 Å². The summed E-state index contributed by atoms with van der Waals surface area (Å²) >= 11 is 1.56. The van der Waals surface area contributed by atoms with Crippen molar-refractivity contribution >= 4 is 11.8 Å². The van der Waals surface area contributed by atoms with E-state index < -0.39 is 22.4 Å². The van der Waals surface area contributed by atoms with E-state index in [9.17, 15) is 0 Å². The molecule has 0 aliphatic heterocycles. The number of unbranched alkanes of at least 4 members (excludes halogenated alkanes) is 5. The summed E-state index contributed by atoms with van der Waals surface area (Å²) in [4.78, 5) is 13.9. The molecule has 0 saturated carbocycles. The van der Waals surface area contributed by atoms with Crippen molar-refractivity contribution in [2.75, 3.05) is 5.75 Å². The second kappa shape index (κ2) is 17.0. The third-order valence-corrected chi connectivity index (χ3v) is 7.06. The van der Waals surface area contributed by atoms with Crippen LogP contribution in [-0.4, -0.2) is 43.1 Å². The first-order valence-corrected chi connectivity index (χ1v) is 18.4. The maximum absolute atomic E-state index is 6.29. The zero-order chi connectivity index (χ0) is 36.5. The molecule has 0 amide bonds. The molecule has 0 aliphatic carbocycles. The number of aromatic nitrogens is 3. The Labute approximate surface area is 299 Å². The first-order valence-electron chi connectivity index (χ1n) is 17.5. The summed E-state index contributed by atoms with van der Waals surface area (Å²) < 4.78 is 37.3. The Kier molecular flexibility index (Phi) is 13.9. The highest BCUT2D eigenvalue weighted by Crippen LogP contribution is 2.36. The molecule has 272 valence electrons. The van der Waals surface area contributed by atoms with Crippen LogP contribution in [0.5, 0.6) is 46.5 Å². The largest absolute Gasteiger partial charge is 0.488 e. The zero-order valence-electron chi connectivity index (χ0n) is 32.1. The SMILES string of the molecule is CCCCCCCCSc1nc(Oc2cc(OC(C)(C)C)cc(OC(C)(C)C)c2)nc(Oc2cc(OC(C)(C)C)cc(OC(C)(C)C)c2)n1. The Hall–Kier alpha value is -3.40. The maximum Gasteiger partial charge on any atom is 0.329 e. The quantitative estimate of drug-likeness (QED) is 0.106. The van der Waals surface area contributed by atoms with Gasteiger partial charge < -0.3 is 28.4 Å². The third-order valence-electron chi connectivity index (χ3n) is 6.12. The highest BCUT2D eigenvalue weighted by atomic mass is 32.2. The van der Waals surface area contributed by atoms with E-state index in [0.717, 1.165) is 12.2 Å². The molecule has 10 heteroatoms. The lowest BCUT2D eigenvalue weighted by atomic mass is 10.1. The molecule has 0 atom stereocenters. The second-order valence-electron chi connectivity index (χ2n) is 16.1. The summed E-state index contributed by atoms with van der Waals surface area (Å²) in [5.74, 6) is 4.22. The maximum atomic E-state index is 6.29. The van der Waals surface area contributed by atoms with Crippen LogP contribution < -0.4 is 28.4 Å². The third kappa shape index (κ3) is 16.7. The average Bonchev–Trinajstić information content (AvgIpc) is 2.88. The van der Waals surface area contributed by atoms with Crippen molar-refractivity contribution in [3.8, 4) is 46.5 Å². The fraction of sp³-hybridized carbons (Fsp3) is 0.615. The van der Waals surface area contributed by atoms with Crippen molar-refractivity contribution < 1.29 is 28.4 Å². The lowest BCUT2D eigenvalue weighted by Crippen LogP contribution is -2.24. The van der Waals surface area contributed by atoms with Crippen LogP contribution in [0.15, 0.2) is 41.6 Å². The molecule has 1 heterocycles. The van der Waals surface area contributed by atoms with Crippen LogP contribution in [-0.2, 0) is 0 Å². The summed E-state index contributed by atoms with van der Waals surface area (Å²) in [6.45, 7) is 26.1. The Morgan fingerprint density at radius 2 is 0.776 bits per heavy atom. The first kappa shape index (κ1) is 40.0. The molecule has 9 nitrogen and oxygen atoms in total. The van der Waals surface area contributed by atoms with Crippen molar-refractivity contribution in [3.05, 3.63) is 36.4 Å². The smallest absolute Gasteiger partial charge is 0.329 e. The van der Waals surface area contributed by atoms with Gasteiger partial charge in [-0.3, -0.25) is 0 Å². The number of hydrogen-bond donors (Lipinski definition) is 0. The topological polar surface area (TPSA) is 94.1 Å². The molecule has 0 spiro atoms. The minimum absolute atomic E-state index is 0.0957. The molecular formula is C39H59N3O6S. The van der Waals surface area contributed by atoms with Crippen LogP contribution >= 0.6 is 11.8 Å². The Balaban J connectivity index is 1.99. The monoisotopic (exact) mass is 697 g/mol. The van der Waals surface area contributed by atoms with Crippen molar-refractivity contribution in [1.82, 2.24) is 15.0 Å². The van der Waals surface area contributed by atoms with E-state index >= 15 is 0 Å². The lowest BCUT2D eigenvalue weighted by Gasteiger charge is -2.25. The average molecular weight is 698 g/mol. The molecule has 49 heavy (non-hydrogen) atoms. The second-order valence-corrected chi connectivity index (χ2v) is 17.2. The number of thioether (sulfide) groups is 1. The van der Waals surface area contributed by atoms with Gasteiger partial charge in [-0.1, -0.05) is 50.8 Å². The molecule has 0 N–H and O–H groups in total. The van der Waals surface area contributed by atoms with E-state index in [2.05, 4.69) is 21.9 Å². The summed E-state index contributed by atoms with van der Waals surface area (Å²) in [5, 5.41) is 0.509. The minimum Gasteiger partial charge on any atom is -0.488 e. The van der Waals surface area contributed by atoms with Gasteiger partial charge in [0.25, 0.3) is 0 Å². The molecule has 2 aromatic carbocycles. The molecule has 1 aromatic heterocycles. The Bertz CT molecular complexity index is 1320. The summed E-state index contributed by atoms with van der Waals surface area (Å²) in [7, 11) is 0. The summed E-state index contributed by atoms with van der Waals surface area (Å²) in [6.07, 6.45) is 7.23. The molecule has 3 aromatic rings. The fourth-order valence-electron chi connectivity index (χ4n) is 4.59. The molecule has 0 unspecified atom stereocenters. The van der Waals surface area contributed by atoms with E-state index in [-0.39, 0.29) is 12.0 Å². The van der Waals surface area contributed by atoms with Gasteiger partial charge in [-0.15, -0.1) is 4.98 Å². The van der Waals surface area contributed by atoms with E-state index in [1.165, 1.54) is 32.1 Å². The standard InChI is InChI=1S/C39H59N3O6S/c1-14-15-16-17-18-19-20-49-35-41-33(43-27-21-29(45-36(2,3)4)25-30(22-27)46-37(5,6)7)40-34(42-35)44-28-23-31(47-38(8,9)10)26-32(24-28)48-39(11,12)13/h21-26H,14-20H2,1-13H3. The predicted octanol–water partition coefficient (Wildman–Crippen LogP) is 11.6. The van der Waals surface area contributed by atoms with Crippen molar-refractivity contribution in [1.29, 1.82) is 0 Å². The van der Waals surface area contributed by atoms with Gasteiger partial charge in [-0.25, -0.2) is 0 Å². The van der Waals surface area contributed by atoms with Gasteiger partial charge in [0.1, 0.15) is 56.9 Å². The molecule has 0 aliphatic rings. The number of benzene rings is 2. The summed E-state index contributed by atoms with van der Waals surface area (Å²) in [5.41, 5.74) is -1.69. The number of hydrogen-bond acceptors (Lipinski definition) is 10. The first-order chi connectivity index (χ1) is 22.6. The summed E-state index contributed by atoms with van der Waals surface area (Å²) in [6, 6.07) is 11.1. The van der Waals surface area contributed by atoms with Gasteiger partial charge in [-0.05, 0) is 89.5 Å². The molecule has 0 bridgehead atoms. The molecule has 0 fully saturated rings. The van der Waals surface area contributed by atoms with Gasteiger partial charge in [0.05, 0.1) is 0 Å². The van der Waals surface area contributed by atoms with Crippen molar-refractivity contribution in [2.45, 2.75) is 156 Å². The van der Waals surface area contributed by atoms with Crippen molar-refractivity contribution in [3.63, 3.8) is 0 Å². The Morgan fingerprint density at radius 3 is 1.12 bits per heavy atom. The van der Waals surface area contributed by atoms with E-state index in [1.807, 2.05) is 95.2 Å². The van der Waals surface area contributed by atoms with Crippen LogP contribution in [0.25, 0.3) is 0 Å². The van der Waals surface area contributed by atoms with Gasteiger partial charge in [-0.2, -0.15) is 9.97 Å². The van der Waals surface area contributed by atoms with Gasteiger partial charge >= 0.3 is 12.0 Å². The zero-order valence-corrected chi connectivity index (χ0v) is 32.9. The number of ether oxygens (including phenoxy) is 6. The van der Waals surface area contributed by atoms with Crippen LogP contribution in [0.4, 0.5) is 0 Å². The highest BCUT2D eigenvalue weighted by molar-refractivity contribution is 7.99. The molecule has 3 rings (SSSR count). The van der Waals surface area contributed by atoms with Gasteiger partial charge in [0.15, 0.2) is 5.16 Å². The van der Waals surface area contributed by atoms with Gasteiger partial charge in [0, 0.05) is 42.2 Å². The fourth-order valence-corrected chi connectivity index (χ4v) is 5.41. The Morgan fingerprint density at radius 1 is 0.449 bits per heavy atom. The van der Waals surface area contributed by atoms with E-state index in [4.69, 9.17) is 28.4 Å². The van der Waals surface area contributed by atoms with Crippen LogP contribution in [0.2, 0.25) is 0 Å². The number of rotatable bonds is 16. The van der Waals surface area contributed by atoms with Gasteiger partial charge in [0.2, 0.25) is 0 Å². The van der Waals surface area contributed by atoms with Crippen LogP contribution in [0, 0.1) is 0 Å². The minimum atomic E-state index is -0.424. The molecule has 0 radical (unpaired) electrons. The van der Waals surface area contributed by atoms with Crippen LogP contribution in [0.3, 0.4) is 0 Å². The molecular weight excluding hydrogens is 639 g/mol. The normalized spacial score (nSPS) is 12.4.